The summed E-state index contributed by atoms with van der Waals surface area (Å²) in [7, 11) is 0. The van der Waals surface area contributed by atoms with Gasteiger partial charge in [0.25, 0.3) is 0 Å². The van der Waals surface area contributed by atoms with Gasteiger partial charge >= 0.3 is 5.97 Å². The molecule has 68 valence electrons. The van der Waals surface area contributed by atoms with Gasteiger partial charge < -0.3 is 5.11 Å². The Morgan fingerprint density at radius 2 is 1.55 bits per heavy atom. The number of aliphatic carboxylic acids is 1. The lowest BCUT2D eigenvalue weighted by Gasteiger charge is -2.00. The molecule has 0 aromatic rings. The second kappa shape index (κ2) is 9.01. The molecule has 1 unspecified atom stereocenters. The molecule has 0 saturated carbocycles. The molecular formula is C4H5Cl5O2. The zero-order valence-corrected chi connectivity index (χ0v) is 8.89. The summed E-state index contributed by atoms with van der Waals surface area (Å²) < 4.78 is 0. The molecule has 1 atom stereocenters. The third-order valence-corrected chi connectivity index (χ3v) is 1.66. The number of rotatable bonds is 2. The minimum absolute atomic E-state index is 0.194. The Kier molecular flexibility index (Phi) is 11.8. The number of halogens is 5. The first-order chi connectivity index (χ1) is 4.97. The van der Waals surface area contributed by atoms with Crippen LogP contribution in [0.1, 0.15) is 0 Å². The Morgan fingerprint density at radius 3 is 1.55 bits per heavy atom. The minimum Gasteiger partial charge on any atom is -0.480 e. The lowest BCUT2D eigenvalue weighted by molar-refractivity contribution is -0.136. The SMILES string of the molecule is ClCCl.O=C(O)C(Cl)C(Cl)Cl. The van der Waals surface area contributed by atoms with Gasteiger partial charge in [0.15, 0.2) is 5.38 Å². The van der Waals surface area contributed by atoms with Crippen LogP contribution in [-0.2, 0) is 4.79 Å². The van der Waals surface area contributed by atoms with E-state index in [2.05, 4.69) is 0 Å². The first-order valence-corrected chi connectivity index (χ1v) is 4.62. The zero-order chi connectivity index (χ0) is 9.44. The van der Waals surface area contributed by atoms with E-state index in [-0.39, 0.29) is 5.34 Å². The fourth-order valence-corrected chi connectivity index (χ4v) is 0.323. The second-order valence-corrected chi connectivity index (χ2v) is 3.62. The van der Waals surface area contributed by atoms with Gasteiger partial charge in [0.2, 0.25) is 0 Å². The molecule has 0 aromatic carbocycles. The van der Waals surface area contributed by atoms with E-state index in [4.69, 9.17) is 63.1 Å². The van der Waals surface area contributed by atoms with Gasteiger partial charge in [0.1, 0.15) is 4.84 Å². The van der Waals surface area contributed by atoms with Gasteiger partial charge in [0.05, 0.1) is 5.34 Å². The first-order valence-electron chi connectivity index (χ1n) is 2.24. The Hall–Kier alpha value is 0.920. The van der Waals surface area contributed by atoms with Crippen molar-refractivity contribution in [1.82, 2.24) is 0 Å². The summed E-state index contributed by atoms with van der Waals surface area (Å²) in [6.07, 6.45) is 0. The van der Waals surface area contributed by atoms with Crippen LogP contribution in [0.3, 0.4) is 0 Å². The lowest BCUT2D eigenvalue weighted by atomic mass is 10.5. The number of carboxylic acid groups (broad SMARTS) is 1. The highest BCUT2D eigenvalue weighted by molar-refractivity contribution is 6.51. The first kappa shape index (κ1) is 14.4. The molecule has 0 aliphatic heterocycles. The Bertz CT molecular complexity index is 107. The third kappa shape index (κ3) is 10.9. The summed E-state index contributed by atoms with van der Waals surface area (Å²) in [6.45, 7) is 0. The van der Waals surface area contributed by atoms with Crippen LogP contribution < -0.4 is 0 Å². The van der Waals surface area contributed by atoms with E-state index in [1.165, 1.54) is 0 Å². The molecule has 0 aliphatic rings. The predicted octanol–water partition coefficient (Wildman–Crippen LogP) is 2.90. The van der Waals surface area contributed by atoms with Crippen molar-refractivity contribution >= 4 is 64.0 Å². The van der Waals surface area contributed by atoms with Crippen LogP contribution in [0.5, 0.6) is 0 Å². The normalized spacial score (nSPS) is 11.8. The van der Waals surface area contributed by atoms with Gasteiger partial charge in [-0.3, -0.25) is 4.79 Å². The second-order valence-electron chi connectivity index (χ2n) is 1.18. The molecule has 0 bridgehead atoms. The summed E-state index contributed by atoms with van der Waals surface area (Å²) in [5, 5.41) is 7.04. The average molecular weight is 262 g/mol. The largest absolute Gasteiger partial charge is 0.480 e. The maximum absolute atomic E-state index is 9.84. The van der Waals surface area contributed by atoms with E-state index in [0.717, 1.165) is 0 Å². The molecule has 0 rings (SSSR count). The highest BCUT2D eigenvalue weighted by atomic mass is 35.5. The number of carboxylic acids is 1. The predicted molar refractivity (Wildman–Crippen MR) is 49.3 cm³/mol. The summed E-state index contributed by atoms with van der Waals surface area (Å²) in [6, 6.07) is 0. The summed E-state index contributed by atoms with van der Waals surface area (Å²) in [5.74, 6) is -1.21. The van der Waals surface area contributed by atoms with E-state index in [0.29, 0.717) is 0 Å². The van der Waals surface area contributed by atoms with E-state index in [9.17, 15) is 4.79 Å². The van der Waals surface area contributed by atoms with Crippen molar-refractivity contribution in [2.24, 2.45) is 0 Å². The van der Waals surface area contributed by atoms with Crippen LogP contribution in [0.4, 0.5) is 0 Å². The molecule has 2 nitrogen and oxygen atoms in total. The summed E-state index contributed by atoms with van der Waals surface area (Å²) in [4.78, 5) is 8.79. The lowest BCUT2D eigenvalue weighted by Crippen LogP contribution is -2.19. The van der Waals surface area contributed by atoms with E-state index in [1.54, 1.807) is 0 Å². The number of alkyl halides is 5. The van der Waals surface area contributed by atoms with Gasteiger partial charge in [-0.2, -0.15) is 0 Å². The van der Waals surface area contributed by atoms with Gasteiger partial charge in [-0.1, -0.05) is 0 Å². The molecule has 0 aliphatic carbocycles. The Labute approximate surface area is 89.3 Å². The van der Waals surface area contributed by atoms with E-state index < -0.39 is 16.2 Å². The minimum atomic E-state index is -1.21. The molecule has 0 aromatic heterocycles. The fourth-order valence-electron chi connectivity index (χ4n) is 0.108. The van der Waals surface area contributed by atoms with Crippen LogP contribution in [0.2, 0.25) is 0 Å². The van der Waals surface area contributed by atoms with Crippen molar-refractivity contribution < 1.29 is 9.90 Å². The molecule has 0 saturated heterocycles. The summed E-state index contributed by atoms with van der Waals surface area (Å²) in [5.41, 5.74) is 0. The van der Waals surface area contributed by atoms with Crippen molar-refractivity contribution in [2.75, 3.05) is 5.34 Å². The van der Waals surface area contributed by atoms with Crippen molar-refractivity contribution in [3.05, 3.63) is 0 Å². The van der Waals surface area contributed by atoms with Crippen molar-refractivity contribution in [1.29, 1.82) is 0 Å². The number of hydrogen-bond donors (Lipinski definition) is 1. The van der Waals surface area contributed by atoms with E-state index >= 15 is 0 Å². The molecule has 0 heterocycles. The third-order valence-electron chi connectivity index (χ3n) is 0.457. The smallest absolute Gasteiger partial charge is 0.324 e. The van der Waals surface area contributed by atoms with Crippen LogP contribution >= 0.6 is 58.0 Å². The molecular weight excluding hydrogens is 257 g/mol. The average Bonchev–Trinajstić information content (AvgIpc) is 1.87. The maximum Gasteiger partial charge on any atom is 0.324 e. The standard InChI is InChI=1S/C3H3Cl3O2.CH2Cl2/c4-1(2(5)6)3(7)8;2-1-3/h1-2H,(H,7,8);1H2. The highest BCUT2D eigenvalue weighted by Crippen LogP contribution is 2.13. The van der Waals surface area contributed by atoms with Crippen LogP contribution in [0, 0.1) is 0 Å². The molecule has 7 heteroatoms. The topological polar surface area (TPSA) is 37.3 Å². The van der Waals surface area contributed by atoms with Crippen LogP contribution in [0.15, 0.2) is 0 Å². The van der Waals surface area contributed by atoms with Crippen molar-refractivity contribution in [3.8, 4) is 0 Å². The Balaban J connectivity index is 0. The van der Waals surface area contributed by atoms with Gasteiger partial charge in [0, 0.05) is 0 Å². The molecule has 0 radical (unpaired) electrons. The fraction of sp³-hybridized carbons (Fsp3) is 0.750. The van der Waals surface area contributed by atoms with Crippen molar-refractivity contribution in [3.63, 3.8) is 0 Å². The maximum atomic E-state index is 9.84. The monoisotopic (exact) mass is 260 g/mol. The van der Waals surface area contributed by atoms with Crippen LogP contribution in [-0.4, -0.2) is 26.6 Å². The highest BCUT2D eigenvalue weighted by Gasteiger charge is 2.20. The zero-order valence-electron chi connectivity index (χ0n) is 5.11. The number of carbonyl (C=O) groups is 1. The van der Waals surface area contributed by atoms with E-state index in [1.807, 2.05) is 0 Å². The molecule has 0 spiro atoms. The van der Waals surface area contributed by atoms with Crippen molar-refractivity contribution in [2.45, 2.75) is 10.2 Å². The molecule has 1 N–H and O–H groups in total. The van der Waals surface area contributed by atoms with Gasteiger partial charge in [-0.25, -0.2) is 0 Å². The number of hydrogen-bond acceptors (Lipinski definition) is 1. The van der Waals surface area contributed by atoms with Gasteiger partial charge in [-0.15, -0.1) is 58.0 Å². The van der Waals surface area contributed by atoms with Crippen LogP contribution in [0.25, 0.3) is 0 Å². The quantitative estimate of drug-likeness (QED) is 0.777. The molecule has 0 amide bonds. The molecule has 0 fully saturated rings. The Morgan fingerprint density at radius 1 is 1.27 bits per heavy atom. The molecule has 11 heavy (non-hydrogen) atoms. The van der Waals surface area contributed by atoms with Gasteiger partial charge in [-0.05, 0) is 0 Å². The summed E-state index contributed by atoms with van der Waals surface area (Å²) >= 11 is 24.8.